The van der Waals surface area contributed by atoms with Crippen LogP contribution in [0.25, 0.3) is 0 Å². The Hall–Kier alpha value is -0.260. The fraction of sp³-hybridized carbons (Fsp3) is 0.818. The van der Waals surface area contributed by atoms with E-state index in [4.69, 9.17) is 0 Å². The van der Waals surface area contributed by atoms with Gasteiger partial charge in [-0.25, -0.2) is 0 Å². The van der Waals surface area contributed by atoms with Crippen molar-refractivity contribution in [2.45, 2.75) is 47.0 Å². The van der Waals surface area contributed by atoms with Crippen LogP contribution in [0.3, 0.4) is 0 Å². The lowest BCUT2D eigenvalue weighted by Crippen LogP contribution is -1.98. The van der Waals surface area contributed by atoms with Crippen LogP contribution >= 0.6 is 0 Å². The largest absolute Gasteiger partial charge is 0.0885 e. The van der Waals surface area contributed by atoms with Crippen molar-refractivity contribution in [3.05, 3.63) is 12.2 Å². The highest BCUT2D eigenvalue weighted by molar-refractivity contribution is 4.85. The molecule has 2 atom stereocenters. The first kappa shape index (κ1) is 10.7. The molecular weight excluding hydrogens is 132 g/mol. The molecule has 0 aliphatic rings. The Balaban J connectivity index is 3.50. The van der Waals surface area contributed by atoms with Gasteiger partial charge in [-0.1, -0.05) is 46.3 Å². The van der Waals surface area contributed by atoms with Crippen molar-refractivity contribution in [3.63, 3.8) is 0 Å². The van der Waals surface area contributed by atoms with Gasteiger partial charge in [0.1, 0.15) is 0 Å². The summed E-state index contributed by atoms with van der Waals surface area (Å²) in [5.74, 6) is 1.65. The normalized spacial score (nSPS) is 17.1. The van der Waals surface area contributed by atoms with Gasteiger partial charge in [0.05, 0.1) is 0 Å². The van der Waals surface area contributed by atoms with Gasteiger partial charge in [0.2, 0.25) is 0 Å². The number of hydrogen-bond donors (Lipinski definition) is 0. The standard InChI is InChI=1S/C11H22/c1-5-7-8-11(4)9-10(3)6-2/h7-8,10-11H,5-6,9H2,1-4H3. The summed E-state index contributed by atoms with van der Waals surface area (Å²) in [7, 11) is 0. The zero-order valence-corrected chi connectivity index (χ0v) is 8.43. The summed E-state index contributed by atoms with van der Waals surface area (Å²) >= 11 is 0. The first-order valence-electron chi connectivity index (χ1n) is 4.87. The lowest BCUT2D eigenvalue weighted by molar-refractivity contribution is 0.454. The van der Waals surface area contributed by atoms with Gasteiger partial charge in [-0.05, 0) is 24.7 Å². The topological polar surface area (TPSA) is 0 Å². The quantitative estimate of drug-likeness (QED) is 0.524. The van der Waals surface area contributed by atoms with E-state index < -0.39 is 0 Å². The summed E-state index contributed by atoms with van der Waals surface area (Å²) in [5.41, 5.74) is 0. The number of allylic oxidation sites excluding steroid dienone is 2. The molecule has 0 N–H and O–H groups in total. The third-order valence-electron chi connectivity index (χ3n) is 2.17. The van der Waals surface area contributed by atoms with Crippen LogP contribution in [0.5, 0.6) is 0 Å². The van der Waals surface area contributed by atoms with Gasteiger partial charge in [-0.2, -0.15) is 0 Å². The fourth-order valence-electron chi connectivity index (χ4n) is 1.25. The van der Waals surface area contributed by atoms with Crippen molar-refractivity contribution in [1.29, 1.82) is 0 Å². The monoisotopic (exact) mass is 154 g/mol. The Kier molecular flexibility index (Phi) is 6.30. The molecular formula is C11H22. The average molecular weight is 154 g/mol. The maximum atomic E-state index is 2.34. The highest BCUT2D eigenvalue weighted by atomic mass is 14.1. The van der Waals surface area contributed by atoms with Crippen LogP contribution < -0.4 is 0 Å². The summed E-state index contributed by atoms with van der Waals surface area (Å²) < 4.78 is 0. The van der Waals surface area contributed by atoms with E-state index in [9.17, 15) is 0 Å². The van der Waals surface area contributed by atoms with Crippen molar-refractivity contribution in [2.24, 2.45) is 11.8 Å². The summed E-state index contributed by atoms with van der Waals surface area (Å²) in [6.45, 7) is 9.09. The molecule has 0 fully saturated rings. The minimum atomic E-state index is 0.768. The maximum absolute atomic E-state index is 2.34. The van der Waals surface area contributed by atoms with Gasteiger partial charge in [0, 0.05) is 0 Å². The molecule has 0 bridgehead atoms. The second-order valence-corrected chi connectivity index (χ2v) is 3.56. The fourth-order valence-corrected chi connectivity index (χ4v) is 1.25. The van der Waals surface area contributed by atoms with Crippen molar-refractivity contribution >= 4 is 0 Å². The minimum Gasteiger partial charge on any atom is -0.0885 e. The maximum Gasteiger partial charge on any atom is -0.0259 e. The molecule has 0 amide bonds. The Labute approximate surface area is 71.7 Å². The predicted molar refractivity (Wildman–Crippen MR) is 52.7 cm³/mol. The Morgan fingerprint density at radius 2 is 1.82 bits per heavy atom. The van der Waals surface area contributed by atoms with E-state index in [0.717, 1.165) is 11.8 Å². The van der Waals surface area contributed by atoms with E-state index in [1.807, 2.05) is 0 Å². The minimum absolute atomic E-state index is 0.768. The van der Waals surface area contributed by atoms with Gasteiger partial charge < -0.3 is 0 Å². The van der Waals surface area contributed by atoms with Crippen LogP contribution in [0.4, 0.5) is 0 Å². The van der Waals surface area contributed by atoms with Gasteiger partial charge in [0.25, 0.3) is 0 Å². The molecule has 0 aromatic heterocycles. The van der Waals surface area contributed by atoms with E-state index in [-0.39, 0.29) is 0 Å². The second kappa shape index (κ2) is 6.45. The molecule has 11 heavy (non-hydrogen) atoms. The molecule has 0 saturated heterocycles. The number of rotatable bonds is 5. The first-order chi connectivity index (χ1) is 5.20. The Morgan fingerprint density at radius 3 is 2.27 bits per heavy atom. The van der Waals surface area contributed by atoms with Crippen LogP contribution in [-0.2, 0) is 0 Å². The molecule has 0 spiro atoms. The molecule has 0 heterocycles. The molecule has 0 nitrogen and oxygen atoms in total. The Bertz CT molecular complexity index is 103. The van der Waals surface area contributed by atoms with E-state index >= 15 is 0 Å². The second-order valence-electron chi connectivity index (χ2n) is 3.56. The first-order valence-corrected chi connectivity index (χ1v) is 4.87. The van der Waals surface area contributed by atoms with Gasteiger partial charge in [-0.3, -0.25) is 0 Å². The van der Waals surface area contributed by atoms with E-state index in [2.05, 4.69) is 39.8 Å². The molecule has 0 aliphatic heterocycles. The highest BCUT2D eigenvalue weighted by Gasteiger charge is 2.02. The highest BCUT2D eigenvalue weighted by Crippen LogP contribution is 2.15. The predicted octanol–water partition coefficient (Wildman–Crippen LogP) is 4.02. The van der Waals surface area contributed by atoms with Crippen molar-refractivity contribution in [2.75, 3.05) is 0 Å². The van der Waals surface area contributed by atoms with E-state index in [1.165, 1.54) is 19.3 Å². The van der Waals surface area contributed by atoms with Gasteiger partial charge >= 0.3 is 0 Å². The van der Waals surface area contributed by atoms with E-state index in [1.54, 1.807) is 0 Å². The molecule has 0 saturated carbocycles. The van der Waals surface area contributed by atoms with Crippen molar-refractivity contribution in [3.8, 4) is 0 Å². The third kappa shape index (κ3) is 6.15. The van der Waals surface area contributed by atoms with Gasteiger partial charge in [0.15, 0.2) is 0 Å². The van der Waals surface area contributed by atoms with Crippen LogP contribution in [0.15, 0.2) is 12.2 Å². The zero-order chi connectivity index (χ0) is 8.69. The molecule has 66 valence electrons. The van der Waals surface area contributed by atoms with Gasteiger partial charge in [-0.15, -0.1) is 0 Å². The lowest BCUT2D eigenvalue weighted by Gasteiger charge is -2.11. The van der Waals surface area contributed by atoms with E-state index in [0.29, 0.717) is 0 Å². The molecule has 0 aliphatic carbocycles. The third-order valence-corrected chi connectivity index (χ3v) is 2.17. The SMILES string of the molecule is CCC=CC(C)CC(C)CC. The lowest BCUT2D eigenvalue weighted by atomic mass is 9.95. The summed E-state index contributed by atoms with van der Waals surface area (Å²) in [6.07, 6.45) is 8.43. The van der Waals surface area contributed by atoms with Crippen molar-refractivity contribution in [1.82, 2.24) is 0 Å². The van der Waals surface area contributed by atoms with Crippen molar-refractivity contribution < 1.29 is 0 Å². The summed E-state index contributed by atoms with van der Waals surface area (Å²) in [4.78, 5) is 0. The van der Waals surface area contributed by atoms with Crippen LogP contribution in [0, 0.1) is 11.8 Å². The summed E-state index contributed by atoms with van der Waals surface area (Å²) in [6, 6.07) is 0. The molecule has 0 aromatic carbocycles. The molecule has 0 radical (unpaired) electrons. The van der Waals surface area contributed by atoms with Crippen LogP contribution in [-0.4, -0.2) is 0 Å². The van der Waals surface area contributed by atoms with Crippen LogP contribution in [0.2, 0.25) is 0 Å². The molecule has 0 aromatic rings. The Morgan fingerprint density at radius 1 is 1.18 bits per heavy atom. The summed E-state index contributed by atoms with van der Waals surface area (Å²) in [5, 5.41) is 0. The molecule has 0 heteroatoms. The zero-order valence-electron chi connectivity index (χ0n) is 8.43. The molecule has 0 rings (SSSR count). The number of hydrogen-bond acceptors (Lipinski definition) is 0. The smallest absolute Gasteiger partial charge is 0.0259 e. The van der Waals surface area contributed by atoms with Crippen LogP contribution in [0.1, 0.15) is 47.0 Å². The average Bonchev–Trinajstić information content (AvgIpc) is 2.00. The molecule has 2 unspecified atom stereocenters.